The van der Waals surface area contributed by atoms with Crippen LogP contribution in [0.25, 0.3) is 0 Å². The first-order valence-electron chi connectivity index (χ1n) is 5.79. The van der Waals surface area contributed by atoms with Crippen LogP contribution in [0, 0.1) is 0 Å². The summed E-state index contributed by atoms with van der Waals surface area (Å²) in [5.41, 5.74) is 6.10. The molecule has 0 bridgehead atoms. The van der Waals surface area contributed by atoms with E-state index < -0.39 is 12.0 Å². The number of carbonyl (C=O) groups excluding carboxylic acids is 1. The van der Waals surface area contributed by atoms with Crippen molar-refractivity contribution in [3.05, 3.63) is 34.3 Å². The summed E-state index contributed by atoms with van der Waals surface area (Å²) in [7, 11) is 0. The highest BCUT2D eigenvalue weighted by Crippen LogP contribution is 2.29. The summed E-state index contributed by atoms with van der Waals surface area (Å²) in [5.74, 6) is -0.433. The molecule has 18 heavy (non-hydrogen) atoms. The molecule has 1 aromatic carbocycles. The molecule has 4 nitrogen and oxygen atoms in total. The molecule has 1 unspecified atom stereocenters. The second-order valence-corrected chi connectivity index (χ2v) is 5.69. The molecular formula is C13H19BrN2O2. The second kappa shape index (κ2) is 6.31. The van der Waals surface area contributed by atoms with Crippen LogP contribution >= 0.6 is 15.9 Å². The topological polar surface area (TPSA) is 75.3 Å². The lowest BCUT2D eigenvalue weighted by molar-refractivity contribution is -0.129. The largest absolute Gasteiger partial charge is 0.382 e. The van der Waals surface area contributed by atoms with Gasteiger partial charge in [0, 0.05) is 23.0 Å². The maximum atomic E-state index is 11.5. The number of nitrogens with one attached hydrogen (secondary N) is 1. The summed E-state index contributed by atoms with van der Waals surface area (Å²) in [6, 6.07) is 7.88. The molecule has 4 N–H and O–H groups in total. The lowest BCUT2D eigenvalue weighted by atomic mass is 9.84. The van der Waals surface area contributed by atoms with Gasteiger partial charge in [0.1, 0.15) is 6.10 Å². The van der Waals surface area contributed by atoms with Gasteiger partial charge in [0.25, 0.3) is 0 Å². The van der Waals surface area contributed by atoms with Crippen molar-refractivity contribution in [3.63, 3.8) is 0 Å². The Balaban J connectivity index is 2.71. The molecule has 0 spiro atoms. The molecule has 1 atom stereocenters. The summed E-state index contributed by atoms with van der Waals surface area (Å²) in [4.78, 5) is 11.5. The zero-order valence-corrected chi connectivity index (χ0v) is 12.2. The third-order valence-electron chi connectivity index (χ3n) is 2.83. The minimum absolute atomic E-state index is 0.0682. The normalized spacial score (nSPS) is 13.2. The zero-order valence-electron chi connectivity index (χ0n) is 10.6. The zero-order chi connectivity index (χ0) is 13.8. The van der Waals surface area contributed by atoms with Gasteiger partial charge < -0.3 is 16.2 Å². The van der Waals surface area contributed by atoms with Crippen LogP contribution in [0.15, 0.2) is 28.7 Å². The monoisotopic (exact) mass is 314 g/mol. The summed E-state index contributed by atoms with van der Waals surface area (Å²) in [5, 5.41) is 12.0. The number of benzene rings is 1. The third-order valence-corrected chi connectivity index (χ3v) is 3.52. The van der Waals surface area contributed by atoms with Gasteiger partial charge in [-0.15, -0.1) is 0 Å². The van der Waals surface area contributed by atoms with Crippen LogP contribution in [-0.4, -0.2) is 30.2 Å². The number of carbonyl (C=O) groups is 1. The summed E-state index contributed by atoms with van der Waals surface area (Å²) in [6.45, 7) is 4.43. The molecule has 0 aromatic heterocycles. The van der Waals surface area contributed by atoms with Crippen LogP contribution in [0.2, 0.25) is 0 Å². The van der Waals surface area contributed by atoms with E-state index in [1.807, 2.05) is 38.1 Å². The Morgan fingerprint density at radius 3 is 2.67 bits per heavy atom. The number of amides is 1. The van der Waals surface area contributed by atoms with Gasteiger partial charge in [-0.05, 0) is 11.6 Å². The predicted octanol–water partition coefficient (Wildman–Crippen LogP) is 1.16. The third kappa shape index (κ3) is 3.80. The minimum atomic E-state index is -1.14. The average molecular weight is 315 g/mol. The molecular weight excluding hydrogens is 296 g/mol. The summed E-state index contributed by atoms with van der Waals surface area (Å²) < 4.78 is 1.00. The van der Waals surface area contributed by atoms with Crippen molar-refractivity contribution in [2.75, 3.05) is 13.1 Å². The highest BCUT2D eigenvalue weighted by atomic mass is 79.9. The van der Waals surface area contributed by atoms with E-state index in [2.05, 4.69) is 21.2 Å². The van der Waals surface area contributed by atoms with Gasteiger partial charge in [-0.25, -0.2) is 0 Å². The second-order valence-electron chi connectivity index (χ2n) is 4.83. The Hall–Kier alpha value is -0.910. The fourth-order valence-electron chi connectivity index (χ4n) is 1.64. The summed E-state index contributed by atoms with van der Waals surface area (Å²) in [6.07, 6.45) is -1.14. The van der Waals surface area contributed by atoms with E-state index in [0.29, 0.717) is 6.54 Å². The fraction of sp³-hybridized carbons (Fsp3) is 0.462. The molecule has 100 valence electrons. The van der Waals surface area contributed by atoms with Crippen LogP contribution in [-0.2, 0) is 10.2 Å². The Bertz CT molecular complexity index is 421. The molecule has 0 heterocycles. The lowest BCUT2D eigenvalue weighted by Gasteiger charge is -2.27. The number of halogens is 1. The van der Waals surface area contributed by atoms with Crippen molar-refractivity contribution in [1.82, 2.24) is 5.32 Å². The molecule has 5 heteroatoms. The maximum Gasteiger partial charge on any atom is 0.250 e. The molecule has 0 aliphatic rings. The van der Waals surface area contributed by atoms with Gasteiger partial charge in [-0.2, -0.15) is 0 Å². The van der Waals surface area contributed by atoms with Crippen molar-refractivity contribution in [1.29, 1.82) is 0 Å². The van der Waals surface area contributed by atoms with Crippen molar-refractivity contribution in [2.24, 2.45) is 5.73 Å². The van der Waals surface area contributed by atoms with Gasteiger partial charge in [-0.3, -0.25) is 4.79 Å². The number of aliphatic hydroxyl groups excluding tert-OH is 1. The van der Waals surface area contributed by atoms with E-state index in [4.69, 9.17) is 5.73 Å². The van der Waals surface area contributed by atoms with E-state index in [1.54, 1.807) is 0 Å². The average Bonchev–Trinajstić information content (AvgIpc) is 2.35. The van der Waals surface area contributed by atoms with E-state index in [-0.39, 0.29) is 12.0 Å². The molecule has 1 aromatic rings. The van der Waals surface area contributed by atoms with Crippen LogP contribution in [0.3, 0.4) is 0 Å². The number of hydrogen-bond acceptors (Lipinski definition) is 3. The fourth-order valence-corrected chi connectivity index (χ4v) is 2.46. The highest BCUT2D eigenvalue weighted by molar-refractivity contribution is 9.10. The van der Waals surface area contributed by atoms with Gasteiger partial charge in [0.2, 0.25) is 5.91 Å². The van der Waals surface area contributed by atoms with E-state index in [9.17, 15) is 9.90 Å². The Morgan fingerprint density at radius 1 is 1.50 bits per heavy atom. The van der Waals surface area contributed by atoms with E-state index in [1.165, 1.54) is 0 Å². The van der Waals surface area contributed by atoms with Crippen LogP contribution in [0.5, 0.6) is 0 Å². The standard InChI is InChI=1S/C13H19BrN2O2/c1-13(2,8-16-12(18)11(17)7-15)9-5-3-4-6-10(9)14/h3-6,11,17H,7-8,15H2,1-2H3,(H,16,18). The van der Waals surface area contributed by atoms with Gasteiger partial charge >= 0.3 is 0 Å². The van der Waals surface area contributed by atoms with Gasteiger partial charge in [0.15, 0.2) is 0 Å². The van der Waals surface area contributed by atoms with Crippen LogP contribution < -0.4 is 11.1 Å². The Kier molecular flexibility index (Phi) is 5.31. The van der Waals surface area contributed by atoms with Gasteiger partial charge in [0.05, 0.1) is 0 Å². The molecule has 0 fully saturated rings. The van der Waals surface area contributed by atoms with Crippen LogP contribution in [0.1, 0.15) is 19.4 Å². The first-order valence-corrected chi connectivity index (χ1v) is 6.58. The molecule has 0 saturated heterocycles. The molecule has 0 radical (unpaired) electrons. The Labute approximate surface area is 116 Å². The number of hydrogen-bond donors (Lipinski definition) is 3. The van der Waals surface area contributed by atoms with Gasteiger partial charge in [-0.1, -0.05) is 48.0 Å². The number of aliphatic hydroxyl groups is 1. The number of nitrogens with two attached hydrogens (primary N) is 1. The summed E-state index contributed by atoms with van der Waals surface area (Å²) >= 11 is 3.50. The van der Waals surface area contributed by atoms with Crippen LogP contribution in [0.4, 0.5) is 0 Å². The maximum absolute atomic E-state index is 11.5. The molecule has 0 aliphatic carbocycles. The Morgan fingerprint density at radius 2 is 2.11 bits per heavy atom. The minimum Gasteiger partial charge on any atom is -0.382 e. The molecule has 1 amide bonds. The quantitative estimate of drug-likeness (QED) is 0.763. The first kappa shape index (κ1) is 15.1. The number of rotatable bonds is 5. The smallest absolute Gasteiger partial charge is 0.250 e. The lowest BCUT2D eigenvalue weighted by Crippen LogP contribution is -2.44. The van der Waals surface area contributed by atoms with Crippen molar-refractivity contribution >= 4 is 21.8 Å². The predicted molar refractivity (Wildman–Crippen MR) is 75.2 cm³/mol. The van der Waals surface area contributed by atoms with Crippen molar-refractivity contribution in [3.8, 4) is 0 Å². The molecule has 1 rings (SSSR count). The molecule has 0 saturated carbocycles. The van der Waals surface area contributed by atoms with E-state index >= 15 is 0 Å². The first-order chi connectivity index (χ1) is 8.38. The molecule has 0 aliphatic heterocycles. The highest BCUT2D eigenvalue weighted by Gasteiger charge is 2.24. The van der Waals surface area contributed by atoms with E-state index in [0.717, 1.165) is 10.0 Å². The SMILES string of the molecule is CC(C)(CNC(=O)C(O)CN)c1ccccc1Br. The van der Waals surface area contributed by atoms with Crippen molar-refractivity contribution < 1.29 is 9.90 Å². The van der Waals surface area contributed by atoms with Crippen molar-refractivity contribution in [2.45, 2.75) is 25.4 Å².